The average Bonchev–Trinajstić information content (AvgIpc) is 2.77. The molecule has 0 aliphatic carbocycles. The van der Waals surface area contributed by atoms with Gasteiger partial charge in [-0.1, -0.05) is 0 Å². The number of aliphatic carboxylic acids is 1. The van der Waals surface area contributed by atoms with Gasteiger partial charge < -0.3 is 14.9 Å². The molecule has 0 bridgehead atoms. The van der Waals surface area contributed by atoms with Crippen molar-refractivity contribution in [1.82, 2.24) is 4.98 Å². The van der Waals surface area contributed by atoms with Gasteiger partial charge in [0.2, 0.25) is 0 Å². The molecule has 1 heterocycles. The molecule has 0 amide bonds. The van der Waals surface area contributed by atoms with E-state index in [1.807, 2.05) is 6.07 Å². The van der Waals surface area contributed by atoms with E-state index in [0.29, 0.717) is 10.8 Å². The first kappa shape index (κ1) is 13.7. The van der Waals surface area contributed by atoms with Gasteiger partial charge in [-0.15, -0.1) is 11.3 Å². The molecule has 2 aromatic rings. The maximum Gasteiger partial charge on any atom is 0.304 e. The lowest BCUT2D eigenvalue weighted by Crippen LogP contribution is -2.14. The minimum atomic E-state index is -1.03. The van der Waals surface area contributed by atoms with Crippen molar-refractivity contribution in [3.05, 3.63) is 23.2 Å². The third-order valence-corrected chi connectivity index (χ3v) is 4.00. The average molecular weight is 297 g/mol. The van der Waals surface area contributed by atoms with Gasteiger partial charge in [0.25, 0.3) is 0 Å². The fourth-order valence-corrected chi connectivity index (χ4v) is 3.02. The van der Waals surface area contributed by atoms with Crippen LogP contribution >= 0.6 is 23.6 Å². The van der Waals surface area contributed by atoms with Crippen molar-refractivity contribution in [2.45, 2.75) is 12.3 Å². The molecule has 1 aromatic carbocycles. The second-order valence-electron chi connectivity index (χ2n) is 3.87. The van der Waals surface area contributed by atoms with Crippen LogP contribution in [0.25, 0.3) is 10.2 Å². The fourth-order valence-electron chi connectivity index (χ4n) is 1.65. The highest BCUT2D eigenvalue weighted by Gasteiger charge is 2.23. The Hall–Kier alpha value is -1.73. The van der Waals surface area contributed by atoms with E-state index >= 15 is 0 Å². The smallest absolute Gasteiger partial charge is 0.304 e. The maximum absolute atomic E-state index is 10.8. The number of thiocarbonyl (C=S) groups is 1. The Morgan fingerprint density at radius 2 is 2.26 bits per heavy atom. The number of thiazole rings is 1. The number of fused-ring (bicyclic) bond motifs is 1. The Morgan fingerprint density at radius 3 is 2.84 bits per heavy atom. The van der Waals surface area contributed by atoms with E-state index in [9.17, 15) is 9.90 Å². The number of aliphatic hydroxyl groups excluding tert-OH is 1. The van der Waals surface area contributed by atoms with Crippen molar-refractivity contribution in [3.63, 3.8) is 0 Å². The second-order valence-corrected chi connectivity index (χ2v) is 5.35. The minimum Gasteiger partial charge on any atom is -0.501 e. The van der Waals surface area contributed by atoms with Crippen molar-refractivity contribution in [1.29, 1.82) is 0 Å². The molecular weight excluding hydrogens is 286 g/mol. The zero-order chi connectivity index (χ0) is 14.0. The minimum absolute atomic E-state index is 0.272. The molecule has 19 heavy (non-hydrogen) atoms. The number of hydrogen-bond acceptors (Lipinski definition) is 5. The summed E-state index contributed by atoms with van der Waals surface area (Å²) in [5.41, 5.74) is 0.729. The number of carbonyl (C=O) groups is 1. The van der Waals surface area contributed by atoms with E-state index in [2.05, 4.69) is 4.98 Å². The maximum atomic E-state index is 10.8. The molecule has 5 nitrogen and oxygen atoms in total. The molecule has 2 rings (SSSR count). The summed E-state index contributed by atoms with van der Waals surface area (Å²) in [7, 11) is 1.57. The van der Waals surface area contributed by atoms with Crippen molar-refractivity contribution in [2.24, 2.45) is 0 Å². The summed E-state index contributed by atoms with van der Waals surface area (Å²) < 4.78 is 5.98. The predicted molar refractivity (Wildman–Crippen MR) is 76.4 cm³/mol. The highest BCUT2D eigenvalue weighted by Crippen LogP contribution is 2.32. The number of methoxy groups -OCH3 is 1. The summed E-state index contributed by atoms with van der Waals surface area (Å²) in [6, 6.07) is 5.37. The van der Waals surface area contributed by atoms with Gasteiger partial charge in [-0.05, 0) is 30.4 Å². The van der Waals surface area contributed by atoms with Gasteiger partial charge in [0, 0.05) is 0 Å². The number of nitrogens with zero attached hydrogens (tertiary/aromatic N) is 1. The van der Waals surface area contributed by atoms with E-state index in [1.54, 1.807) is 19.2 Å². The number of hydrogen-bond donors (Lipinski definition) is 2. The van der Waals surface area contributed by atoms with Crippen LogP contribution in [-0.4, -0.2) is 33.3 Å². The highest BCUT2D eigenvalue weighted by atomic mass is 32.1. The molecule has 2 N–H and O–H groups in total. The molecule has 1 aromatic heterocycles. The number of rotatable bonds is 5. The van der Waals surface area contributed by atoms with Gasteiger partial charge >= 0.3 is 5.97 Å². The molecule has 0 aliphatic rings. The largest absolute Gasteiger partial charge is 0.501 e. The van der Waals surface area contributed by atoms with Crippen LogP contribution in [0.2, 0.25) is 0 Å². The SMILES string of the molecule is COc1ccc2nc(C(CC(=O)O)C(O)=S)sc2c1. The van der Waals surface area contributed by atoms with Crippen LogP contribution < -0.4 is 4.74 Å². The molecule has 7 heteroatoms. The van der Waals surface area contributed by atoms with E-state index in [4.69, 9.17) is 22.1 Å². The quantitative estimate of drug-likeness (QED) is 0.826. The number of ether oxygens (including phenoxy) is 1. The van der Waals surface area contributed by atoms with Crippen LogP contribution in [0.5, 0.6) is 5.75 Å². The number of aliphatic hydroxyl groups is 1. The molecule has 1 unspecified atom stereocenters. The molecule has 0 saturated heterocycles. The summed E-state index contributed by atoms with van der Waals surface area (Å²) in [6.45, 7) is 0. The molecular formula is C12H11NO4S2. The standard InChI is InChI=1S/C12H11NO4S2/c1-17-6-2-3-8-9(4-6)19-11(13-8)7(12(16)18)5-10(14)15/h2-4,7H,5H2,1H3,(H,14,15)(H,16,18). The zero-order valence-corrected chi connectivity index (χ0v) is 11.6. The van der Waals surface area contributed by atoms with Crippen LogP contribution in [0.15, 0.2) is 18.2 Å². The van der Waals surface area contributed by atoms with E-state index in [-0.39, 0.29) is 11.5 Å². The van der Waals surface area contributed by atoms with E-state index in [1.165, 1.54) is 11.3 Å². The topological polar surface area (TPSA) is 79.7 Å². The highest BCUT2D eigenvalue weighted by molar-refractivity contribution is 7.80. The predicted octanol–water partition coefficient (Wildman–Crippen LogP) is 2.75. The first-order valence-corrected chi connectivity index (χ1v) is 6.63. The lowest BCUT2D eigenvalue weighted by molar-refractivity contribution is -0.137. The fraction of sp³-hybridized carbons (Fsp3) is 0.250. The van der Waals surface area contributed by atoms with E-state index in [0.717, 1.165) is 10.2 Å². The van der Waals surface area contributed by atoms with E-state index < -0.39 is 11.9 Å². The van der Waals surface area contributed by atoms with Gasteiger partial charge in [-0.2, -0.15) is 0 Å². The summed E-state index contributed by atoms with van der Waals surface area (Å²) in [6.07, 6.45) is -0.272. The van der Waals surface area contributed by atoms with Crippen molar-refractivity contribution in [2.75, 3.05) is 7.11 Å². The molecule has 0 spiro atoms. The van der Waals surface area contributed by atoms with Gasteiger partial charge in [-0.3, -0.25) is 4.79 Å². The van der Waals surface area contributed by atoms with Crippen LogP contribution in [-0.2, 0) is 4.79 Å². The Kier molecular flexibility index (Phi) is 3.96. The number of carboxylic acids is 1. The number of aromatic nitrogens is 1. The number of benzene rings is 1. The van der Waals surface area contributed by atoms with Crippen molar-refractivity contribution in [3.8, 4) is 5.75 Å². The van der Waals surface area contributed by atoms with Gasteiger partial charge in [0.15, 0.2) is 5.05 Å². The van der Waals surface area contributed by atoms with Crippen LogP contribution in [0, 0.1) is 0 Å². The second kappa shape index (κ2) is 5.50. The summed E-state index contributed by atoms with van der Waals surface area (Å²) in [4.78, 5) is 15.1. The first-order valence-electron chi connectivity index (χ1n) is 5.40. The first-order chi connectivity index (χ1) is 9.01. The Bertz CT molecular complexity index is 638. The molecule has 0 fully saturated rings. The molecule has 100 valence electrons. The Morgan fingerprint density at radius 1 is 1.53 bits per heavy atom. The molecule has 0 radical (unpaired) electrons. The monoisotopic (exact) mass is 297 g/mol. The molecule has 0 aliphatic heterocycles. The lowest BCUT2D eigenvalue weighted by Gasteiger charge is -2.07. The number of carboxylic acid groups (broad SMARTS) is 1. The summed E-state index contributed by atoms with van der Waals surface area (Å²) >= 11 is 6.01. The molecule has 0 saturated carbocycles. The summed E-state index contributed by atoms with van der Waals surface area (Å²) in [5, 5.41) is 18.4. The van der Waals surface area contributed by atoms with Crippen molar-refractivity contribution >= 4 is 44.8 Å². The summed E-state index contributed by atoms with van der Waals surface area (Å²) in [5.74, 6) is -1.09. The van der Waals surface area contributed by atoms with Gasteiger partial charge in [-0.25, -0.2) is 4.98 Å². The normalized spacial score (nSPS) is 12.3. The third kappa shape index (κ3) is 2.99. The van der Waals surface area contributed by atoms with Crippen LogP contribution in [0.3, 0.4) is 0 Å². The van der Waals surface area contributed by atoms with Crippen LogP contribution in [0.1, 0.15) is 17.3 Å². The van der Waals surface area contributed by atoms with Gasteiger partial charge in [0.1, 0.15) is 10.8 Å². The zero-order valence-electron chi connectivity index (χ0n) is 9.99. The lowest BCUT2D eigenvalue weighted by atomic mass is 10.1. The Labute approximate surface area is 118 Å². The molecule has 1 atom stereocenters. The van der Waals surface area contributed by atoms with Crippen LogP contribution in [0.4, 0.5) is 0 Å². The van der Waals surface area contributed by atoms with Gasteiger partial charge in [0.05, 0.1) is 29.7 Å². The third-order valence-electron chi connectivity index (χ3n) is 2.59. The Balaban J connectivity index is 2.42. The van der Waals surface area contributed by atoms with Crippen molar-refractivity contribution < 1.29 is 19.7 Å².